The second-order valence-corrected chi connectivity index (χ2v) is 4.86. The first-order chi connectivity index (χ1) is 7.84. The molecule has 0 saturated carbocycles. The Labute approximate surface area is 98.6 Å². The van der Waals surface area contributed by atoms with Crippen LogP contribution < -0.4 is 11.5 Å². The molecule has 2 aromatic heterocycles. The van der Waals surface area contributed by atoms with Crippen molar-refractivity contribution in [2.24, 2.45) is 5.73 Å². The van der Waals surface area contributed by atoms with Crippen LogP contribution in [0.15, 0.2) is 12.4 Å². The highest BCUT2D eigenvalue weighted by Crippen LogP contribution is 2.30. The van der Waals surface area contributed by atoms with Crippen LogP contribution in [-0.4, -0.2) is 20.4 Å². The van der Waals surface area contributed by atoms with Crippen LogP contribution in [-0.2, 0) is 5.54 Å². The highest BCUT2D eigenvalue weighted by atomic mass is 16.1. The fourth-order valence-corrected chi connectivity index (χ4v) is 1.94. The summed E-state index contributed by atoms with van der Waals surface area (Å²) in [7, 11) is 0. The monoisotopic (exact) mass is 233 g/mol. The van der Waals surface area contributed by atoms with Crippen molar-refractivity contribution in [1.82, 2.24) is 14.5 Å². The molecule has 0 saturated heterocycles. The van der Waals surface area contributed by atoms with E-state index in [1.54, 1.807) is 10.8 Å². The first-order valence-corrected chi connectivity index (χ1v) is 5.25. The Kier molecular flexibility index (Phi) is 2.30. The normalized spacial score (nSPS) is 11.9. The topological polar surface area (TPSA) is 99.8 Å². The molecule has 0 unspecified atom stereocenters. The van der Waals surface area contributed by atoms with Crippen molar-refractivity contribution in [3.8, 4) is 0 Å². The number of nitrogens with zero attached hydrogens (tertiary/aromatic N) is 3. The standard InChI is InChI=1S/C11H15N5O/c1-11(2,3)16-8(12)6(9(13)17)7-10(16)15-5-4-14-7/h4-5H,12H2,1-3H3,(H2,13,17). The smallest absolute Gasteiger partial charge is 0.254 e. The van der Waals surface area contributed by atoms with Crippen molar-refractivity contribution >= 4 is 22.9 Å². The number of amides is 1. The first kappa shape index (κ1) is 11.4. The molecule has 0 aliphatic heterocycles. The quantitative estimate of drug-likeness (QED) is 0.763. The van der Waals surface area contributed by atoms with Gasteiger partial charge in [-0.1, -0.05) is 0 Å². The summed E-state index contributed by atoms with van der Waals surface area (Å²) >= 11 is 0. The van der Waals surface area contributed by atoms with E-state index in [-0.39, 0.29) is 11.1 Å². The van der Waals surface area contributed by atoms with E-state index in [2.05, 4.69) is 9.97 Å². The summed E-state index contributed by atoms with van der Waals surface area (Å²) in [6, 6.07) is 0. The molecule has 6 nitrogen and oxygen atoms in total. The van der Waals surface area contributed by atoms with Crippen LogP contribution in [0.2, 0.25) is 0 Å². The van der Waals surface area contributed by atoms with Crippen LogP contribution in [0.5, 0.6) is 0 Å². The van der Waals surface area contributed by atoms with E-state index in [9.17, 15) is 4.79 Å². The molecule has 1 amide bonds. The van der Waals surface area contributed by atoms with Gasteiger partial charge in [0.15, 0.2) is 5.65 Å². The van der Waals surface area contributed by atoms with Crippen molar-refractivity contribution in [2.75, 3.05) is 5.73 Å². The Morgan fingerprint density at radius 2 is 1.88 bits per heavy atom. The summed E-state index contributed by atoms with van der Waals surface area (Å²) in [4.78, 5) is 19.8. The van der Waals surface area contributed by atoms with Gasteiger partial charge in [-0.25, -0.2) is 4.98 Å². The van der Waals surface area contributed by atoms with Crippen molar-refractivity contribution in [1.29, 1.82) is 0 Å². The fourth-order valence-electron chi connectivity index (χ4n) is 1.94. The Hall–Kier alpha value is -2.11. The maximum atomic E-state index is 11.4. The predicted molar refractivity (Wildman–Crippen MR) is 65.5 cm³/mol. The second kappa shape index (κ2) is 3.44. The molecule has 90 valence electrons. The van der Waals surface area contributed by atoms with E-state index in [0.29, 0.717) is 17.0 Å². The third-order valence-corrected chi connectivity index (χ3v) is 2.54. The number of rotatable bonds is 1. The molecule has 2 rings (SSSR count). The largest absolute Gasteiger partial charge is 0.384 e. The van der Waals surface area contributed by atoms with Gasteiger partial charge >= 0.3 is 0 Å². The second-order valence-electron chi connectivity index (χ2n) is 4.86. The Morgan fingerprint density at radius 3 is 2.41 bits per heavy atom. The van der Waals surface area contributed by atoms with Crippen molar-refractivity contribution in [3.05, 3.63) is 18.0 Å². The molecule has 2 aromatic rings. The molecule has 4 N–H and O–H groups in total. The summed E-state index contributed by atoms with van der Waals surface area (Å²) in [5, 5.41) is 0. The highest BCUT2D eigenvalue weighted by molar-refractivity contribution is 6.08. The van der Waals surface area contributed by atoms with Crippen LogP contribution in [0.3, 0.4) is 0 Å². The molecular formula is C11H15N5O. The molecule has 0 aromatic carbocycles. The lowest BCUT2D eigenvalue weighted by Gasteiger charge is -2.23. The lowest BCUT2D eigenvalue weighted by atomic mass is 10.1. The van der Waals surface area contributed by atoms with Gasteiger partial charge in [0.05, 0.1) is 0 Å². The van der Waals surface area contributed by atoms with E-state index in [4.69, 9.17) is 11.5 Å². The number of aromatic nitrogens is 3. The van der Waals surface area contributed by atoms with Gasteiger partial charge in [-0.3, -0.25) is 9.78 Å². The highest BCUT2D eigenvalue weighted by Gasteiger charge is 2.26. The van der Waals surface area contributed by atoms with Crippen LogP contribution in [0.1, 0.15) is 31.1 Å². The van der Waals surface area contributed by atoms with E-state index in [1.165, 1.54) is 6.20 Å². The zero-order valence-electron chi connectivity index (χ0n) is 10.1. The molecule has 0 fully saturated rings. The number of nitrogens with two attached hydrogens (primary N) is 2. The minimum absolute atomic E-state index is 0.239. The lowest BCUT2D eigenvalue weighted by Crippen LogP contribution is -2.24. The van der Waals surface area contributed by atoms with E-state index >= 15 is 0 Å². The number of hydrogen-bond donors (Lipinski definition) is 2. The minimum Gasteiger partial charge on any atom is -0.384 e. The van der Waals surface area contributed by atoms with E-state index in [1.807, 2.05) is 20.8 Å². The third-order valence-electron chi connectivity index (χ3n) is 2.54. The fraction of sp³-hybridized carbons (Fsp3) is 0.364. The van der Waals surface area contributed by atoms with E-state index in [0.717, 1.165) is 0 Å². The molecule has 0 bridgehead atoms. The van der Waals surface area contributed by atoms with Crippen LogP contribution in [0, 0.1) is 0 Å². The van der Waals surface area contributed by atoms with Crippen molar-refractivity contribution in [3.63, 3.8) is 0 Å². The number of anilines is 1. The Balaban J connectivity index is 2.95. The van der Waals surface area contributed by atoms with Crippen molar-refractivity contribution < 1.29 is 4.79 Å². The van der Waals surface area contributed by atoms with Gasteiger partial charge in [0.1, 0.15) is 16.9 Å². The molecule has 6 heteroatoms. The molecule has 0 radical (unpaired) electrons. The number of fused-ring (bicyclic) bond motifs is 1. The lowest BCUT2D eigenvalue weighted by molar-refractivity contribution is 0.100. The average Bonchev–Trinajstić information content (AvgIpc) is 2.48. The summed E-state index contributed by atoms with van der Waals surface area (Å²) < 4.78 is 1.77. The van der Waals surface area contributed by atoms with Gasteiger partial charge in [-0.15, -0.1) is 0 Å². The molecular weight excluding hydrogens is 218 g/mol. The molecule has 0 spiro atoms. The predicted octanol–water partition coefficient (Wildman–Crippen LogP) is 0.867. The number of primary amides is 1. The number of nitrogen functional groups attached to an aromatic ring is 1. The molecule has 0 aliphatic rings. The number of hydrogen-bond acceptors (Lipinski definition) is 4. The summed E-state index contributed by atoms with van der Waals surface area (Å²) in [6.45, 7) is 5.92. The van der Waals surface area contributed by atoms with Gasteiger partial charge in [-0.05, 0) is 20.8 Å². The first-order valence-electron chi connectivity index (χ1n) is 5.25. The SMILES string of the molecule is CC(C)(C)n1c(N)c(C(N)=O)c2nccnc21. The molecule has 0 aliphatic carbocycles. The van der Waals surface area contributed by atoms with Gasteiger partial charge in [0, 0.05) is 17.9 Å². The van der Waals surface area contributed by atoms with Crippen LogP contribution >= 0.6 is 0 Å². The minimum atomic E-state index is -0.587. The summed E-state index contributed by atoms with van der Waals surface area (Å²) in [5.41, 5.74) is 12.3. The molecule has 17 heavy (non-hydrogen) atoms. The zero-order chi connectivity index (χ0) is 12.8. The maximum absolute atomic E-state index is 11.4. The summed E-state index contributed by atoms with van der Waals surface area (Å²) in [6.07, 6.45) is 3.08. The number of carbonyl (C=O) groups is 1. The van der Waals surface area contributed by atoms with Crippen LogP contribution in [0.25, 0.3) is 11.2 Å². The number of carbonyl (C=O) groups excluding carboxylic acids is 1. The average molecular weight is 233 g/mol. The molecule has 2 heterocycles. The Morgan fingerprint density at radius 1 is 1.29 bits per heavy atom. The Bertz CT molecular complexity index is 594. The zero-order valence-corrected chi connectivity index (χ0v) is 10.1. The van der Waals surface area contributed by atoms with Gasteiger partial charge in [0.25, 0.3) is 5.91 Å². The molecule has 0 atom stereocenters. The summed E-state index contributed by atoms with van der Waals surface area (Å²) in [5.74, 6) is -0.276. The van der Waals surface area contributed by atoms with E-state index < -0.39 is 5.91 Å². The van der Waals surface area contributed by atoms with Gasteiger partial charge in [0.2, 0.25) is 0 Å². The van der Waals surface area contributed by atoms with Gasteiger partial charge in [-0.2, -0.15) is 0 Å². The van der Waals surface area contributed by atoms with Crippen LogP contribution in [0.4, 0.5) is 5.82 Å². The van der Waals surface area contributed by atoms with Gasteiger partial charge < -0.3 is 16.0 Å². The maximum Gasteiger partial charge on any atom is 0.254 e. The third kappa shape index (κ3) is 1.61. The van der Waals surface area contributed by atoms with Crippen molar-refractivity contribution in [2.45, 2.75) is 26.3 Å².